The molecule has 0 bridgehead atoms. The van der Waals surface area contributed by atoms with Crippen molar-refractivity contribution in [2.45, 2.75) is 19.4 Å². The summed E-state index contributed by atoms with van der Waals surface area (Å²) in [6.07, 6.45) is 9.34. The van der Waals surface area contributed by atoms with E-state index in [9.17, 15) is 0 Å². The van der Waals surface area contributed by atoms with Crippen LogP contribution in [0.25, 0.3) is 0 Å². The SMILES string of the molecule is CCOCOC1C=CC=CC1. The van der Waals surface area contributed by atoms with Gasteiger partial charge in [0, 0.05) is 6.61 Å². The van der Waals surface area contributed by atoms with Gasteiger partial charge in [-0.1, -0.05) is 24.3 Å². The lowest BCUT2D eigenvalue weighted by Gasteiger charge is -2.13. The molecule has 0 aliphatic heterocycles. The molecule has 62 valence electrons. The van der Waals surface area contributed by atoms with Gasteiger partial charge in [0.15, 0.2) is 0 Å². The Kier molecular flexibility index (Phi) is 3.94. The lowest BCUT2D eigenvalue weighted by Crippen LogP contribution is -2.12. The van der Waals surface area contributed by atoms with E-state index in [1.165, 1.54) is 0 Å². The summed E-state index contributed by atoms with van der Waals surface area (Å²) in [6, 6.07) is 0. The second-order valence-electron chi connectivity index (χ2n) is 2.36. The first-order valence-corrected chi connectivity index (χ1v) is 3.96. The molecule has 2 heteroatoms. The Morgan fingerprint density at radius 2 is 2.36 bits per heavy atom. The Morgan fingerprint density at radius 1 is 1.45 bits per heavy atom. The molecule has 0 saturated heterocycles. The molecule has 1 aliphatic carbocycles. The summed E-state index contributed by atoms with van der Waals surface area (Å²) in [5.41, 5.74) is 0. The standard InChI is InChI=1S/C9H14O2/c1-2-10-8-11-9-6-4-3-5-7-9/h3-6,9H,2,7-8H2,1H3. The number of ether oxygens (including phenoxy) is 2. The van der Waals surface area contributed by atoms with Gasteiger partial charge in [-0.2, -0.15) is 0 Å². The molecule has 0 N–H and O–H groups in total. The Morgan fingerprint density at radius 3 is 3.00 bits per heavy atom. The molecule has 0 aromatic heterocycles. The van der Waals surface area contributed by atoms with E-state index in [0.717, 1.165) is 6.42 Å². The average Bonchev–Trinajstić information content (AvgIpc) is 2.07. The summed E-state index contributed by atoms with van der Waals surface area (Å²) < 4.78 is 10.4. The summed E-state index contributed by atoms with van der Waals surface area (Å²) in [7, 11) is 0. The van der Waals surface area contributed by atoms with Crippen molar-refractivity contribution in [1.29, 1.82) is 0 Å². The fraction of sp³-hybridized carbons (Fsp3) is 0.556. The van der Waals surface area contributed by atoms with Crippen LogP contribution < -0.4 is 0 Å². The maximum absolute atomic E-state index is 5.36. The third-order valence-electron chi connectivity index (χ3n) is 1.51. The van der Waals surface area contributed by atoms with Crippen LogP contribution in [-0.2, 0) is 9.47 Å². The molecule has 0 aromatic rings. The summed E-state index contributed by atoms with van der Waals surface area (Å²) in [5.74, 6) is 0. The number of allylic oxidation sites excluding steroid dienone is 2. The fourth-order valence-electron chi connectivity index (χ4n) is 0.900. The van der Waals surface area contributed by atoms with Crippen LogP contribution in [0.2, 0.25) is 0 Å². The minimum absolute atomic E-state index is 0.214. The van der Waals surface area contributed by atoms with Crippen LogP contribution in [0.1, 0.15) is 13.3 Å². The first kappa shape index (κ1) is 8.50. The summed E-state index contributed by atoms with van der Waals surface area (Å²) in [4.78, 5) is 0. The topological polar surface area (TPSA) is 18.5 Å². The van der Waals surface area contributed by atoms with Crippen molar-refractivity contribution in [3.63, 3.8) is 0 Å². The van der Waals surface area contributed by atoms with E-state index in [4.69, 9.17) is 9.47 Å². The van der Waals surface area contributed by atoms with Crippen molar-refractivity contribution in [3.05, 3.63) is 24.3 Å². The third kappa shape index (κ3) is 3.35. The molecule has 2 nitrogen and oxygen atoms in total. The molecule has 0 fully saturated rings. The van der Waals surface area contributed by atoms with E-state index < -0.39 is 0 Å². The monoisotopic (exact) mass is 154 g/mol. The molecular weight excluding hydrogens is 140 g/mol. The molecular formula is C9H14O2. The maximum Gasteiger partial charge on any atom is 0.147 e. The molecule has 0 aromatic carbocycles. The first-order chi connectivity index (χ1) is 5.43. The van der Waals surface area contributed by atoms with Gasteiger partial charge in [-0.05, 0) is 13.3 Å². The molecule has 11 heavy (non-hydrogen) atoms. The van der Waals surface area contributed by atoms with Crippen LogP contribution in [0.3, 0.4) is 0 Å². The lowest BCUT2D eigenvalue weighted by molar-refractivity contribution is -0.0707. The van der Waals surface area contributed by atoms with Crippen molar-refractivity contribution in [2.24, 2.45) is 0 Å². The molecule has 0 heterocycles. The van der Waals surface area contributed by atoms with E-state index in [0.29, 0.717) is 13.4 Å². The third-order valence-corrected chi connectivity index (χ3v) is 1.51. The highest BCUT2D eigenvalue weighted by Crippen LogP contribution is 2.06. The van der Waals surface area contributed by atoms with E-state index in [2.05, 4.69) is 6.08 Å². The summed E-state index contributed by atoms with van der Waals surface area (Å²) >= 11 is 0. The molecule has 1 rings (SSSR count). The Labute approximate surface area is 67.5 Å². The second-order valence-corrected chi connectivity index (χ2v) is 2.36. The van der Waals surface area contributed by atoms with Crippen molar-refractivity contribution < 1.29 is 9.47 Å². The van der Waals surface area contributed by atoms with Gasteiger partial charge >= 0.3 is 0 Å². The van der Waals surface area contributed by atoms with Crippen molar-refractivity contribution >= 4 is 0 Å². The minimum atomic E-state index is 0.214. The second kappa shape index (κ2) is 5.10. The predicted octanol–water partition coefficient (Wildman–Crippen LogP) is 1.88. The van der Waals surface area contributed by atoms with Gasteiger partial charge in [0.1, 0.15) is 6.79 Å². The number of hydrogen-bond donors (Lipinski definition) is 0. The summed E-state index contributed by atoms with van der Waals surface area (Å²) in [6.45, 7) is 3.07. The highest BCUT2D eigenvalue weighted by molar-refractivity contribution is 5.11. The van der Waals surface area contributed by atoms with Crippen LogP contribution in [0.5, 0.6) is 0 Å². The minimum Gasteiger partial charge on any atom is -0.356 e. The van der Waals surface area contributed by atoms with E-state index in [1.54, 1.807) is 0 Å². The van der Waals surface area contributed by atoms with Crippen LogP contribution in [0, 0.1) is 0 Å². The molecule has 0 spiro atoms. The largest absolute Gasteiger partial charge is 0.356 e. The zero-order chi connectivity index (χ0) is 7.94. The Bertz CT molecular complexity index is 150. The van der Waals surface area contributed by atoms with E-state index in [-0.39, 0.29) is 6.10 Å². The van der Waals surface area contributed by atoms with Crippen LogP contribution in [0.4, 0.5) is 0 Å². The fourth-order valence-corrected chi connectivity index (χ4v) is 0.900. The zero-order valence-corrected chi connectivity index (χ0v) is 6.82. The zero-order valence-electron chi connectivity index (χ0n) is 6.82. The Balaban J connectivity index is 2.07. The van der Waals surface area contributed by atoms with Gasteiger partial charge in [0.2, 0.25) is 0 Å². The van der Waals surface area contributed by atoms with Crippen molar-refractivity contribution in [2.75, 3.05) is 13.4 Å². The van der Waals surface area contributed by atoms with Gasteiger partial charge in [0.05, 0.1) is 6.10 Å². The molecule has 0 radical (unpaired) electrons. The first-order valence-electron chi connectivity index (χ1n) is 3.96. The average molecular weight is 154 g/mol. The van der Waals surface area contributed by atoms with Crippen LogP contribution in [0.15, 0.2) is 24.3 Å². The van der Waals surface area contributed by atoms with Crippen molar-refractivity contribution in [1.82, 2.24) is 0 Å². The quantitative estimate of drug-likeness (QED) is 0.454. The molecule has 1 atom stereocenters. The van der Waals surface area contributed by atoms with Gasteiger partial charge in [-0.25, -0.2) is 0 Å². The maximum atomic E-state index is 5.36. The number of hydrogen-bond acceptors (Lipinski definition) is 2. The van der Waals surface area contributed by atoms with Gasteiger partial charge in [-0.15, -0.1) is 0 Å². The van der Waals surface area contributed by atoms with E-state index >= 15 is 0 Å². The van der Waals surface area contributed by atoms with Crippen LogP contribution in [-0.4, -0.2) is 19.5 Å². The van der Waals surface area contributed by atoms with E-state index in [1.807, 2.05) is 25.2 Å². The molecule has 1 aliphatic rings. The highest BCUT2D eigenvalue weighted by Gasteiger charge is 2.03. The molecule has 0 saturated carbocycles. The van der Waals surface area contributed by atoms with Gasteiger partial charge in [-0.3, -0.25) is 0 Å². The highest BCUT2D eigenvalue weighted by atomic mass is 16.7. The smallest absolute Gasteiger partial charge is 0.147 e. The predicted molar refractivity (Wildman–Crippen MR) is 44.3 cm³/mol. The summed E-state index contributed by atoms with van der Waals surface area (Å²) in [5, 5.41) is 0. The lowest BCUT2D eigenvalue weighted by atomic mass is 10.1. The normalized spacial score (nSPS) is 22.5. The Hall–Kier alpha value is -0.600. The van der Waals surface area contributed by atoms with Crippen molar-refractivity contribution in [3.8, 4) is 0 Å². The number of rotatable bonds is 4. The van der Waals surface area contributed by atoms with Gasteiger partial charge in [0.25, 0.3) is 0 Å². The molecule has 0 amide bonds. The molecule has 1 unspecified atom stereocenters. The van der Waals surface area contributed by atoms with Crippen LogP contribution >= 0.6 is 0 Å². The van der Waals surface area contributed by atoms with Gasteiger partial charge < -0.3 is 9.47 Å².